The first kappa shape index (κ1) is 20.3. The van der Waals surface area contributed by atoms with Gasteiger partial charge < -0.3 is 0 Å². The highest BCUT2D eigenvalue weighted by Crippen LogP contribution is 2.67. The molecule has 0 aromatic rings. The van der Waals surface area contributed by atoms with E-state index in [-0.39, 0.29) is 11.3 Å². The Balaban J connectivity index is 1.85. The summed E-state index contributed by atoms with van der Waals surface area (Å²) < 4.78 is 39.8. The zero-order chi connectivity index (χ0) is 19.2. The van der Waals surface area contributed by atoms with Gasteiger partial charge in [0.05, 0.1) is 0 Å². The zero-order valence-electron chi connectivity index (χ0n) is 16.9. The Kier molecular flexibility index (Phi) is 5.59. The van der Waals surface area contributed by atoms with Crippen LogP contribution in [0.4, 0.5) is 13.2 Å². The largest absolute Gasteiger partial charge is 0.389 e. The highest BCUT2D eigenvalue weighted by atomic mass is 19.4. The number of fused-ring (bicyclic) bond motifs is 3. The maximum Gasteiger partial charge on any atom is 0.389 e. The van der Waals surface area contributed by atoms with Crippen LogP contribution in [0.1, 0.15) is 85.0 Å². The minimum absolute atomic E-state index is 0.134. The molecule has 0 nitrogen and oxygen atoms in total. The molecule has 0 radical (unpaired) electrons. The van der Waals surface area contributed by atoms with Gasteiger partial charge in [-0.2, -0.15) is 13.2 Å². The van der Waals surface area contributed by atoms with Crippen LogP contribution in [-0.2, 0) is 0 Å². The second-order valence-electron chi connectivity index (χ2n) is 10.1. The average Bonchev–Trinajstić information content (AvgIpc) is 2.87. The monoisotopic (exact) mass is 370 g/mol. The number of rotatable bonds is 5. The third-order valence-corrected chi connectivity index (χ3v) is 8.98. The Morgan fingerprint density at radius 2 is 1.69 bits per heavy atom. The van der Waals surface area contributed by atoms with Gasteiger partial charge in [0.25, 0.3) is 0 Å². The average molecular weight is 371 g/mol. The predicted octanol–water partition coefficient (Wildman–Crippen LogP) is 7.79. The smallest absolute Gasteiger partial charge is 0.171 e. The SMILES string of the molecule is C=CCC1CCC2C3CCC(CC(F)(F)F)C(C)(CCC)C3CCC12C. The number of hydrogen-bond acceptors (Lipinski definition) is 0. The summed E-state index contributed by atoms with van der Waals surface area (Å²) in [6, 6.07) is 0. The normalized spacial score (nSPS) is 45.8. The minimum Gasteiger partial charge on any atom is -0.171 e. The van der Waals surface area contributed by atoms with E-state index in [9.17, 15) is 13.2 Å². The van der Waals surface area contributed by atoms with Crippen molar-refractivity contribution in [3.63, 3.8) is 0 Å². The lowest BCUT2D eigenvalue weighted by atomic mass is 9.46. The molecule has 0 spiro atoms. The van der Waals surface area contributed by atoms with E-state index in [1.165, 1.54) is 19.3 Å². The Labute approximate surface area is 158 Å². The number of allylic oxidation sites excluding steroid dienone is 1. The fourth-order valence-electron chi connectivity index (χ4n) is 7.77. The van der Waals surface area contributed by atoms with Crippen molar-refractivity contribution in [2.75, 3.05) is 0 Å². The second-order valence-corrected chi connectivity index (χ2v) is 10.1. The summed E-state index contributed by atoms with van der Waals surface area (Å²) in [7, 11) is 0. The molecule has 0 bridgehead atoms. The molecule has 0 aromatic heterocycles. The van der Waals surface area contributed by atoms with Crippen molar-refractivity contribution >= 4 is 0 Å². The van der Waals surface area contributed by atoms with Gasteiger partial charge in [-0.05, 0) is 91.8 Å². The topological polar surface area (TPSA) is 0 Å². The van der Waals surface area contributed by atoms with Crippen LogP contribution in [0.25, 0.3) is 0 Å². The molecular formula is C23H37F3. The highest BCUT2D eigenvalue weighted by molar-refractivity contribution is 5.08. The first-order chi connectivity index (χ1) is 12.2. The number of alkyl halides is 3. The van der Waals surface area contributed by atoms with Crippen LogP contribution in [0.3, 0.4) is 0 Å². The molecule has 3 aliphatic carbocycles. The van der Waals surface area contributed by atoms with Crippen LogP contribution < -0.4 is 0 Å². The quantitative estimate of drug-likeness (QED) is 0.433. The molecule has 3 rings (SSSR count). The van der Waals surface area contributed by atoms with E-state index in [0.29, 0.717) is 23.2 Å². The Morgan fingerprint density at radius 1 is 1.00 bits per heavy atom. The summed E-state index contributed by atoms with van der Waals surface area (Å²) in [5, 5.41) is 0. The summed E-state index contributed by atoms with van der Waals surface area (Å²) in [6.45, 7) is 10.8. The van der Waals surface area contributed by atoms with Gasteiger partial charge in [0.2, 0.25) is 0 Å². The molecule has 0 heterocycles. The van der Waals surface area contributed by atoms with Crippen molar-refractivity contribution in [3.8, 4) is 0 Å². The maximum absolute atomic E-state index is 13.3. The molecular weight excluding hydrogens is 333 g/mol. The van der Waals surface area contributed by atoms with Gasteiger partial charge in [-0.25, -0.2) is 0 Å². The standard InChI is InChI=1S/C23H37F3/c1-5-7-16-9-11-19-18-10-8-17(15-23(24,25)26)21(3,13-6-2)20(18)12-14-22(16,19)4/h5,16-20H,1,6-15H2,2-4H3. The van der Waals surface area contributed by atoms with Crippen molar-refractivity contribution in [2.24, 2.45) is 40.4 Å². The van der Waals surface area contributed by atoms with Gasteiger partial charge >= 0.3 is 6.18 Å². The third kappa shape index (κ3) is 3.37. The van der Waals surface area contributed by atoms with Crippen LogP contribution in [-0.4, -0.2) is 6.18 Å². The minimum atomic E-state index is -4.03. The molecule has 7 atom stereocenters. The van der Waals surface area contributed by atoms with Crippen molar-refractivity contribution < 1.29 is 13.2 Å². The molecule has 150 valence electrons. The number of hydrogen-bond donors (Lipinski definition) is 0. The van der Waals surface area contributed by atoms with Crippen LogP contribution in [0, 0.1) is 40.4 Å². The van der Waals surface area contributed by atoms with Gasteiger partial charge in [-0.1, -0.05) is 33.3 Å². The molecule has 0 saturated heterocycles. The Morgan fingerprint density at radius 3 is 2.31 bits per heavy atom. The van der Waals surface area contributed by atoms with Gasteiger partial charge in [0.15, 0.2) is 0 Å². The van der Waals surface area contributed by atoms with Gasteiger partial charge in [-0.3, -0.25) is 0 Å². The highest BCUT2D eigenvalue weighted by Gasteiger charge is 2.59. The van der Waals surface area contributed by atoms with E-state index in [0.717, 1.165) is 44.4 Å². The summed E-state index contributed by atoms with van der Waals surface area (Å²) in [5.74, 6) is 2.40. The molecule has 0 amide bonds. The zero-order valence-corrected chi connectivity index (χ0v) is 16.9. The molecule has 3 heteroatoms. The maximum atomic E-state index is 13.3. The lowest BCUT2D eigenvalue weighted by molar-refractivity contribution is -0.177. The first-order valence-electron chi connectivity index (χ1n) is 10.8. The predicted molar refractivity (Wildman–Crippen MR) is 102 cm³/mol. The van der Waals surface area contributed by atoms with Gasteiger partial charge in [0.1, 0.15) is 0 Å². The molecule has 7 unspecified atom stereocenters. The van der Waals surface area contributed by atoms with Crippen molar-refractivity contribution in [3.05, 3.63) is 12.7 Å². The van der Waals surface area contributed by atoms with E-state index in [4.69, 9.17) is 0 Å². The number of halogens is 3. The summed E-state index contributed by atoms with van der Waals surface area (Å²) in [5.41, 5.74) is 0.254. The summed E-state index contributed by atoms with van der Waals surface area (Å²) in [6.07, 6.45) is 7.22. The van der Waals surface area contributed by atoms with Crippen LogP contribution in [0.5, 0.6) is 0 Å². The molecule has 0 aromatic carbocycles. The summed E-state index contributed by atoms with van der Waals surface area (Å²) >= 11 is 0. The molecule has 26 heavy (non-hydrogen) atoms. The van der Waals surface area contributed by atoms with Crippen LogP contribution in [0.15, 0.2) is 12.7 Å². The van der Waals surface area contributed by atoms with E-state index >= 15 is 0 Å². The van der Waals surface area contributed by atoms with E-state index in [1.54, 1.807) is 0 Å². The van der Waals surface area contributed by atoms with Crippen LogP contribution >= 0.6 is 0 Å². The molecule has 0 aliphatic heterocycles. The van der Waals surface area contributed by atoms with Gasteiger partial charge in [-0.15, -0.1) is 6.58 Å². The molecule has 0 N–H and O–H groups in total. The van der Waals surface area contributed by atoms with E-state index < -0.39 is 12.6 Å². The second kappa shape index (κ2) is 7.17. The summed E-state index contributed by atoms with van der Waals surface area (Å²) in [4.78, 5) is 0. The van der Waals surface area contributed by atoms with Crippen molar-refractivity contribution in [1.82, 2.24) is 0 Å². The lowest BCUT2D eigenvalue weighted by Crippen LogP contribution is -2.52. The van der Waals surface area contributed by atoms with Crippen molar-refractivity contribution in [1.29, 1.82) is 0 Å². The van der Waals surface area contributed by atoms with Crippen LogP contribution in [0.2, 0.25) is 0 Å². The fraction of sp³-hybridized carbons (Fsp3) is 0.913. The van der Waals surface area contributed by atoms with E-state index in [2.05, 4.69) is 33.4 Å². The van der Waals surface area contributed by atoms with Crippen molar-refractivity contribution in [2.45, 2.75) is 91.2 Å². The molecule has 3 fully saturated rings. The lowest BCUT2D eigenvalue weighted by Gasteiger charge is -2.59. The molecule has 3 aliphatic rings. The first-order valence-corrected chi connectivity index (χ1v) is 10.8. The Hall–Kier alpha value is -0.470. The molecule has 3 saturated carbocycles. The fourth-order valence-corrected chi connectivity index (χ4v) is 7.77. The van der Waals surface area contributed by atoms with Gasteiger partial charge in [0, 0.05) is 6.42 Å². The van der Waals surface area contributed by atoms with E-state index in [1.807, 2.05) is 0 Å². The third-order valence-electron chi connectivity index (χ3n) is 8.98. The Bertz CT molecular complexity index is 510.